The van der Waals surface area contributed by atoms with Crippen molar-refractivity contribution in [3.63, 3.8) is 0 Å². The third-order valence-corrected chi connectivity index (χ3v) is 4.52. The molecule has 2 rings (SSSR count). The van der Waals surface area contributed by atoms with Crippen molar-refractivity contribution in [1.29, 1.82) is 0 Å². The van der Waals surface area contributed by atoms with Crippen LogP contribution in [0.3, 0.4) is 0 Å². The van der Waals surface area contributed by atoms with Crippen molar-refractivity contribution < 1.29 is 4.58 Å². The minimum absolute atomic E-state index is 0.928. The first kappa shape index (κ1) is 13.7. The van der Waals surface area contributed by atoms with Crippen LogP contribution in [0.4, 0.5) is 0 Å². The Morgan fingerprint density at radius 1 is 0.889 bits per heavy atom. The highest BCUT2D eigenvalue weighted by molar-refractivity contribution is 6.00. The van der Waals surface area contributed by atoms with Crippen molar-refractivity contribution in [3.8, 4) is 11.8 Å². The Labute approximate surface area is 113 Å². The van der Waals surface area contributed by atoms with Gasteiger partial charge in [-0.05, 0) is 39.5 Å². The van der Waals surface area contributed by atoms with Crippen molar-refractivity contribution in [2.24, 2.45) is 11.8 Å². The summed E-state index contributed by atoms with van der Waals surface area (Å²) < 4.78 is 2.62. The van der Waals surface area contributed by atoms with Crippen LogP contribution in [0.2, 0.25) is 0 Å². The molecule has 100 valence electrons. The first-order valence-corrected chi connectivity index (χ1v) is 7.95. The number of rotatable bonds is 2. The third kappa shape index (κ3) is 3.37. The van der Waals surface area contributed by atoms with Gasteiger partial charge >= 0.3 is 0 Å². The predicted molar refractivity (Wildman–Crippen MR) is 78.0 cm³/mol. The zero-order valence-electron chi connectivity index (χ0n) is 12.2. The summed E-state index contributed by atoms with van der Waals surface area (Å²) in [6, 6.07) is 0. The van der Waals surface area contributed by atoms with Crippen LogP contribution in [0.1, 0.15) is 65.2 Å². The second kappa shape index (κ2) is 6.98. The van der Waals surface area contributed by atoms with E-state index in [1.165, 1.54) is 51.6 Å². The fourth-order valence-electron chi connectivity index (χ4n) is 3.45. The normalized spacial score (nSPS) is 28.2. The third-order valence-electron chi connectivity index (χ3n) is 4.52. The average Bonchev–Trinajstić information content (AvgIpc) is 3.04. The van der Waals surface area contributed by atoms with E-state index in [1.807, 2.05) is 0 Å². The Bertz CT molecular complexity index is 326. The molecule has 0 bridgehead atoms. The molecule has 0 amide bonds. The highest BCUT2D eigenvalue weighted by Crippen LogP contribution is 2.43. The van der Waals surface area contributed by atoms with Crippen molar-refractivity contribution in [3.05, 3.63) is 0 Å². The van der Waals surface area contributed by atoms with Crippen LogP contribution in [0.15, 0.2) is 0 Å². The van der Waals surface area contributed by atoms with E-state index < -0.39 is 0 Å². The lowest BCUT2D eigenvalue weighted by atomic mass is 10.1. The maximum absolute atomic E-state index is 3.32. The number of fused-ring (bicyclic) bond motifs is 1. The molecule has 0 saturated heterocycles. The first-order chi connectivity index (χ1) is 8.88. The summed E-state index contributed by atoms with van der Waals surface area (Å²) in [6.07, 6.45) is 10.4. The summed E-state index contributed by atoms with van der Waals surface area (Å²) in [5.41, 5.74) is 1.79. The van der Waals surface area contributed by atoms with Crippen molar-refractivity contribution in [2.75, 3.05) is 13.1 Å². The Hall–Kier alpha value is -0.770. The van der Waals surface area contributed by atoms with Gasteiger partial charge in [-0.1, -0.05) is 12.8 Å². The van der Waals surface area contributed by atoms with Crippen LogP contribution >= 0.6 is 0 Å². The van der Waals surface area contributed by atoms with Crippen LogP contribution in [0.5, 0.6) is 0 Å². The van der Waals surface area contributed by atoms with Gasteiger partial charge in [0.25, 0.3) is 0 Å². The topological polar surface area (TPSA) is 3.01 Å². The van der Waals surface area contributed by atoms with E-state index >= 15 is 0 Å². The Morgan fingerprint density at radius 2 is 1.39 bits per heavy atom. The second-order valence-corrected chi connectivity index (χ2v) is 5.66. The Kier molecular flexibility index (Phi) is 5.29. The van der Waals surface area contributed by atoms with Gasteiger partial charge in [-0.15, -0.1) is 11.8 Å². The minimum atomic E-state index is 0.928. The number of hydrogen-bond donors (Lipinski definition) is 0. The molecule has 1 fully saturated rings. The van der Waals surface area contributed by atoms with Gasteiger partial charge in [0.2, 0.25) is 0 Å². The van der Waals surface area contributed by atoms with E-state index in [9.17, 15) is 0 Å². The molecule has 0 aromatic heterocycles. The van der Waals surface area contributed by atoms with Gasteiger partial charge in [-0.3, -0.25) is 0 Å². The molecule has 1 heteroatoms. The Morgan fingerprint density at radius 3 is 1.83 bits per heavy atom. The zero-order valence-corrected chi connectivity index (χ0v) is 12.2. The standard InChI is InChI=1S/C17H28N/c1-3-18(4-2)17-15-13-11-9-7-5-6-8-10-12-14-16(15)17/h15-16H,3-4,7-14H2,1-2H3/q+1. The average molecular weight is 246 g/mol. The van der Waals surface area contributed by atoms with Crippen LogP contribution in [-0.4, -0.2) is 23.4 Å². The zero-order chi connectivity index (χ0) is 12.8. The number of nitrogens with zero attached hydrogens (tertiary/aromatic N) is 1. The second-order valence-electron chi connectivity index (χ2n) is 5.66. The molecule has 18 heavy (non-hydrogen) atoms. The van der Waals surface area contributed by atoms with Gasteiger partial charge < -0.3 is 0 Å². The molecule has 0 aromatic rings. The summed E-state index contributed by atoms with van der Waals surface area (Å²) in [5.74, 6) is 8.50. The summed E-state index contributed by atoms with van der Waals surface area (Å²) in [4.78, 5) is 0. The van der Waals surface area contributed by atoms with E-state index in [-0.39, 0.29) is 0 Å². The molecule has 1 nitrogen and oxygen atoms in total. The lowest BCUT2D eigenvalue weighted by Crippen LogP contribution is -2.14. The molecule has 0 N–H and O–H groups in total. The lowest BCUT2D eigenvalue weighted by molar-refractivity contribution is -0.519. The highest BCUT2D eigenvalue weighted by atomic mass is 15.0. The lowest BCUT2D eigenvalue weighted by Gasteiger charge is -1.98. The highest BCUT2D eigenvalue weighted by Gasteiger charge is 2.51. The van der Waals surface area contributed by atoms with E-state index in [2.05, 4.69) is 30.3 Å². The molecule has 0 aliphatic heterocycles. The first-order valence-electron chi connectivity index (χ1n) is 7.95. The number of hydrogen-bond acceptors (Lipinski definition) is 0. The van der Waals surface area contributed by atoms with E-state index in [1.54, 1.807) is 5.71 Å². The molecule has 0 spiro atoms. The van der Waals surface area contributed by atoms with Gasteiger partial charge in [0.1, 0.15) is 13.1 Å². The van der Waals surface area contributed by atoms with Crippen molar-refractivity contribution in [2.45, 2.75) is 65.2 Å². The molecular weight excluding hydrogens is 218 g/mol. The fourth-order valence-corrected chi connectivity index (χ4v) is 3.45. The summed E-state index contributed by atoms with van der Waals surface area (Å²) in [5, 5.41) is 0. The molecule has 2 atom stereocenters. The maximum atomic E-state index is 3.32. The smallest absolute Gasteiger partial charge is 0.160 e. The molecule has 0 aromatic carbocycles. The summed E-state index contributed by atoms with van der Waals surface area (Å²) in [6.45, 7) is 6.99. The molecular formula is C17H28N+. The predicted octanol–water partition coefficient (Wildman–Crippen LogP) is 3.86. The van der Waals surface area contributed by atoms with Crippen LogP contribution in [0.25, 0.3) is 0 Å². The molecule has 1 saturated carbocycles. The van der Waals surface area contributed by atoms with Crippen molar-refractivity contribution >= 4 is 5.71 Å². The van der Waals surface area contributed by atoms with Crippen LogP contribution < -0.4 is 0 Å². The monoisotopic (exact) mass is 246 g/mol. The van der Waals surface area contributed by atoms with Gasteiger partial charge in [0.15, 0.2) is 5.71 Å². The van der Waals surface area contributed by atoms with E-state index in [4.69, 9.17) is 0 Å². The van der Waals surface area contributed by atoms with Crippen LogP contribution in [0, 0.1) is 23.7 Å². The quantitative estimate of drug-likeness (QED) is 0.514. The molecule has 2 aliphatic carbocycles. The van der Waals surface area contributed by atoms with E-state index in [0.29, 0.717) is 0 Å². The fraction of sp³-hybridized carbons (Fsp3) is 0.824. The van der Waals surface area contributed by atoms with Gasteiger partial charge in [-0.2, -0.15) is 0 Å². The molecule has 0 heterocycles. The summed E-state index contributed by atoms with van der Waals surface area (Å²) in [7, 11) is 0. The SMILES string of the molecule is CC[N+](CC)=C1C2CCCCC#CCCCCC12. The van der Waals surface area contributed by atoms with Gasteiger partial charge in [0, 0.05) is 12.8 Å². The van der Waals surface area contributed by atoms with Gasteiger partial charge in [-0.25, -0.2) is 4.58 Å². The largest absolute Gasteiger partial charge is 0.237 e. The maximum Gasteiger partial charge on any atom is 0.160 e. The molecule has 2 aliphatic rings. The van der Waals surface area contributed by atoms with Crippen molar-refractivity contribution in [1.82, 2.24) is 0 Å². The van der Waals surface area contributed by atoms with Crippen LogP contribution in [-0.2, 0) is 0 Å². The van der Waals surface area contributed by atoms with E-state index in [0.717, 1.165) is 24.7 Å². The Balaban J connectivity index is 1.98. The minimum Gasteiger partial charge on any atom is -0.237 e. The molecule has 2 unspecified atom stereocenters. The summed E-state index contributed by atoms with van der Waals surface area (Å²) >= 11 is 0. The molecule has 0 radical (unpaired) electrons. The van der Waals surface area contributed by atoms with Gasteiger partial charge in [0.05, 0.1) is 11.8 Å².